The van der Waals surface area contributed by atoms with E-state index in [0.29, 0.717) is 44.6 Å². The van der Waals surface area contributed by atoms with Crippen LogP contribution in [-0.4, -0.2) is 49.1 Å². The molecule has 4 bridgehead atoms. The first kappa shape index (κ1) is 34.5. The molecule has 8 rings (SSSR count). The molecule has 5 fully saturated rings. The lowest BCUT2D eigenvalue weighted by atomic mass is 9.70. The van der Waals surface area contributed by atoms with E-state index in [0.717, 1.165) is 18.4 Å². The number of hydrogen-bond donors (Lipinski definition) is 0. The molecule has 1 saturated heterocycles. The summed E-state index contributed by atoms with van der Waals surface area (Å²) in [5.41, 5.74) is 1.02. The Balaban J connectivity index is 0.000000164. The predicted octanol–water partition coefficient (Wildman–Crippen LogP) is 5.13. The third kappa shape index (κ3) is 4.68. The Kier molecular flexibility index (Phi) is 8.34. The summed E-state index contributed by atoms with van der Waals surface area (Å²) in [6.45, 7) is 10.4. The molecule has 2 aromatic rings. The Hall–Kier alpha value is -3.38. The lowest BCUT2D eigenvalue weighted by Crippen LogP contribution is -2.43. The van der Waals surface area contributed by atoms with Gasteiger partial charge in [-0.15, -0.1) is 0 Å². The molecule has 0 spiro atoms. The molecule has 4 amide bonds. The Bertz CT molecular complexity index is 1890. The minimum absolute atomic E-state index is 0. The fourth-order valence-electron chi connectivity index (χ4n) is 9.89. The van der Waals surface area contributed by atoms with Crippen molar-refractivity contribution in [2.24, 2.45) is 65.1 Å². The van der Waals surface area contributed by atoms with Crippen LogP contribution in [0.1, 0.15) is 70.3 Å². The summed E-state index contributed by atoms with van der Waals surface area (Å²) in [6, 6.07) is 12.3. The standard InChI is InChI=1S/C18H21NO4S.C17H19NO4S.CH4/c1-9-4-6-12(7-5-9)24(22,23)19-17(20)15-13-8-14(11(3)10(13)2)16(15)18(19)21;1-9-10(2)13-7-11(9)8-14(13)17(20)18-16(19)12-5-3-4-6-15(12)23(18,21)22;/h4-7,10-11,13-16H,8H2,1-3H3;3-6,9-11,13-14H,7-8H2,1-2H3;1H4. The highest BCUT2D eigenvalue weighted by Crippen LogP contribution is 2.61. The van der Waals surface area contributed by atoms with E-state index in [1.54, 1.807) is 24.3 Å². The molecular formula is C36H44N2O8S2. The molecular weight excluding hydrogens is 653 g/mol. The molecule has 2 aliphatic heterocycles. The molecule has 6 aliphatic rings. The number of nitrogens with zero attached hydrogens (tertiary/aromatic N) is 2. The van der Waals surface area contributed by atoms with Crippen LogP contribution in [-0.2, 0) is 34.4 Å². The number of aryl methyl sites for hydroxylation is 1. The van der Waals surface area contributed by atoms with E-state index in [9.17, 15) is 36.0 Å². The third-order valence-corrected chi connectivity index (χ3v) is 16.2. The van der Waals surface area contributed by atoms with Gasteiger partial charge in [0.25, 0.3) is 26.0 Å². The first-order valence-electron chi connectivity index (χ1n) is 16.5. The Morgan fingerprint density at radius 1 is 0.750 bits per heavy atom. The summed E-state index contributed by atoms with van der Waals surface area (Å²) in [5, 5.41) is 0. The van der Waals surface area contributed by atoms with Crippen LogP contribution in [0, 0.1) is 72.0 Å². The maximum absolute atomic E-state index is 12.9. The van der Waals surface area contributed by atoms with Gasteiger partial charge in [0.15, 0.2) is 0 Å². The van der Waals surface area contributed by atoms with Crippen LogP contribution < -0.4 is 0 Å². The highest BCUT2D eigenvalue weighted by molar-refractivity contribution is 7.91. The number of carbonyl (C=O) groups is 4. The van der Waals surface area contributed by atoms with Gasteiger partial charge in [0.1, 0.15) is 4.90 Å². The fraction of sp³-hybridized carbons (Fsp3) is 0.556. The van der Waals surface area contributed by atoms with Crippen molar-refractivity contribution in [3.8, 4) is 0 Å². The van der Waals surface area contributed by atoms with Gasteiger partial charge in [-0.3, -0.25) is 19.2 Å². The second kappa shape index (κ2) is 11.6. The summed E-state index contributed by atoms with van der Waals surface area (Å²) in [6.07, 6.45) is 2.53. The van der Waals surface area contributed by atoms with Crippen molar-refractivity contribution in [2.45, 2.75) is 71.1 Å². The van der Waals surface area contributed by atoms with E-state index in [1.807, 2.05) is 6.92 Å². The minimum atomic E-state index is -4.12. The van der Waals surface area contributed by atoms with E-state index in [2.05, 4.69) is 27.7 Å². The molecule has 12 heteroatoms. The molecule has 11 atom stereocenters. The zero-order valence-corrected chi connectivity index (χ0v) is 28.7. The summed E-state index contributed by atoms with van der Waals surface area (Å²) in [4.78, 5) is 51.1. The van der Waals surface area contributed by atoms with Crippen molar-refractivity contribution >= 4 is 43.7 Å². The second-order valence-corrected chi connectivity index (χ2v) is 18.3. The second-order valence-electron chi connectivity index (χ2n) is 14.7. The van der Waals surface area contributed by atoms with E-state index >= 15 is 0 Å². The predicted molar refractivity (Wildman–Crippen MR) is 177 cm³/mol. The number of rotatable bonds is 3. The molecule has 0 aromatic heterocycles. The summed E-state index contributed by atoms with van der Waals surface area (Å²) >= 11 is 0. The van der Waals surface area contributed by atoms with Crippen LogP contribution in [0.3, 0.4) is 0 Å². The van der Waals surface area contributed by atoms with Crippen LogP contribution in [0.15, 0.2) is 58.3 Å². The molecule has 4 saturated carbocycles. The SMILES string of the molecule is C.CC1C2CC(C(=O)N3C(=O)c4ccccc4S3(=O)=O)C(C2)C1C.Cc1ccc(S(=O)(=O)N2C(=O)C3C4CC(C(C)C4C)C3C2=O)cc1. The van der Waals surface area contributed by atoms with Crippen LogP contribution in [0.5, 0.6) is 0 Å². The molecule has 11 unspecified atom stereocenters. The van der Waals surface area contributed by atoms with Gasteiger partial charge in [0.2, 0.25) is 17.7 Å². The van der Waals surface area contributed by atoms with Gasteiger partial charge in [0, 0.05) is 5.92 Å². The van der Waals surface area contributed by atoms with E-state index in [-0.39, 0.29) is 46.5 Å². The number of fused-ring (bicyclic) bond motifs is 8. The molecule has 0 N–H and O–H groups in total. The topological polar surface area (TPSA) is 143 Å². The lowest BCUT2D eigenvalue weighted by molar-refractivity contribution is -0.135. The van der Waals surface area contributed by atoms with Crippen molar-refractivity contribution in [1.29, 1.82) is 0 Å². The van der Waals surface area contributed by atoms with Gasteiger partial charge < -0.3 is 0 Å². The quantitative estimate of drug-likeness (QED) is 0.402. The average Bonchev–Trinajstić information content (AvgIpc) is 3.84. The molecule has 258 valence electrons. The smallest absolute Gasteiger partial charge is 0.273 e. The lowest BCUT2D eigenvalue weighted by Gasteiger charge is -2.32. The zero-order valence-electron chi connectivity index (χ0n) is 27.1. The normalized spacial score (nSPS) is 36.9. The monoisotopic (exact) mass is 696 g/mol. The molecule has 0 radical (unpaired) electrons. The fourth-order valence-corrected chi connectivity index (χ4v) is 12.9. The van der Waals surface area contributed by atoms with Crippen LogP contribution in [0.2, 0.25) is 0 Å². The van der Waals surface area contributed by atoms with Crippen molar-refractivity contribution < 1.29 is 36.0 Å². The first-order chi connectivity index (χ1) is 22.1. The molecule has 10 nitrogen and oxygen atoms in total. The van der Waals surface area contributed by atoms with E-state index in [1.165, 1.54) is 24.3 Å². The Morgan fingerprint density at radius 2 is 1.29 bits per heavy atom. The molecule has 48 heavy (non-hydrogen) atoms. The maximum Gasteiger partial charge on any atom is 0.276 e. The van der Waals surface area contributed by atoms with Gasteiger partial charge >= 0.3 is 0 Å². The van der Waals surface area contributed by atoms with Crippen LogP contribution in [0.25, 0.3) is 0 Å². The summed E-state index contributed by atoms with van der Waals surface area (Å²) in [5.74, 6) is -0.930. The Morgan fingerprint density at radius 3 is 1.81 bits per heavy atom. The number of amides is 4. The van der Waals surface area contributed by atoms with Gasteiger partial charge in [-0.05, 0) is 97.8 Å². The molecule has 2 heterocycles. The average molecular weight is 697 g/mol. The minimum Gasteiger partial charge on any atom is -0.273 e. The van der Waals surface area contributed by atoms with Crippen LogP contribution in [0.4, 0.5) is 0 Å². The number of sulfonamides is 2. The van der Waals surface area contributed by atoms with Crippen molar-refractivity contribution in [2.75, 3.05) is 0 Å². The molecule has 2 aromatic carbocycles. The maximum atomic E-state index is 12.9. The number of imide groups is 2. The highest BCUT2D eigenvalue weighted by atomic mass is 32.2. The van der Waals surface area contributed by atoms with Gasteiger partial charge in [-0.2, -0.15) is 8.61 Å². The van der Waals surface area contributed by atoms with E-state index in [4.69, 9.17) is 0 Å². The summed E-state index contributed by atoms with van der Waals surface area (Å²) < 4.78 is 52.1. The third-order valence-electron chi connectivity index (χ3n) is 12.8. The largest absolute Gasteiger partial charge is 0.276 e. The van der Waals surface area contributed by atoms with Crippen molar-refractivity contribution in [3.63, 3.8) is 0 Å². The summed E-state index contributed by atoms with van der Waals surface area (Å²) in [7, 11) is -8.16. The van der Waals surface area contributed by atoms with E-state index < -0.39 is 55.5 Å². The number of hydrogen-bond acceptors (Lipinski definition) is 8. The molecule has 4 aliphatic carbocycles. The van der Waals surface area contributed by atoms with Gasteiger partial charge in [-0.25, -0.2) is 16.8 Å². The van der Waals surface area contributed by atoms with Gasteiger partial charge in [0.05, 0.1) is 22.3 Å². The number of benzene rings is 2. The zero-order chi connectivity index (χ0) is 33.9. The number of carbonyl (C=O) groups excluding carboxylic acids is 4. The highest BCUT2D eigenvalue weighted by Gasteiger charge is 2.67. The van der Waals surface area contributed by atoms with Crippen molar-refractivity contribution in [3.05, 3.63) is 59.7 Å². The Labute approximate surface area is 283 Å². The van der Waals surface area contributed by atoms with Crippen molar-refractivity contribution in [1.82, 2.24) is 8.61 Å². The van der Waals surface area contributed by atoms with Gasteiger partial charge in [-0.1, -0.05) is 65.0 Å². The van der Waals surface area contributed by atoms with Crippen LogP contribution >= 0.6 is 0 Å². The first-order valence-corrected chi connectivity index (χ1v) is 19.4.